The van der Waals surface area contributed by atoms with Crippen LogP contribution in [-0.4, -0.2) is 59.8 Å². The maximum Gasteiger partial charge on any atom is 0.354 e. The van der Waals surface area contributed by atoms with E-state index in [-0.39, 0.29) is 23.8 Å². The number of hydrogen-bond acceptors (Lipinski definition) is 6. The molecule has 1 heterocycles. The van der Waals surface area contributed by atoms with Gasteiger partial charge in [0.1, 0.15) is 6.02 Å². The Morgan fingerprint density at radius 1 is 1.48 bits per heavy atom. The van der Waals surface area contributed by atoms with Gasteiger partial charge in [-0.3, -0.25) is 19.3 Å². The van der Waals surface area contributed by atoms with E-state index < -0.39 is 42.6 Å². The van der Waals surface area contributed by atoms with Gasteiger partial charge in [0.2, 0.25) is 5.91 Å². The first-order valence-electron chi connectivity index (χ1n) is 9.32. The molecule has 3 unspecified atom stereocenters. The third-order valence-corrected chi connectivity index (χ3v) is 3.64. The highest BCUT2D eigenvalue weighted by atomic mass is 18.1. The van der Waals surface area contributed by atoms with Crippen molar-refractivity contribution in [3.05, 3.63) is 0 Å². The lowest BCUT2D eigenvalue weighted by molar-refractivity contribution is -0.198. The van der Waals surface area contributed by atoms with Crippen molar-refractivity contribution in [2.75, 3.05) is 14.1 Å². The van der Waals surface area contributed by atoms with Gasteiger partial charge < -0.3 is 10.2 Å². The third kappa shape index (κ3) is 4.75. The Hall–Kier alpha value is -1.96. The third-order valence-electron chi connectivity index (χ3n) is 3.64. The van der Waals surface area contributed by atoms with E-state index in [0.29, 0.717) is 6.42 Å². The zero-order chi connectivity index (χ0) is 21.2. The Kier molecular flexibility index (Phi) is 4.72. The Balaban J connectivity index is 3.12. The molecule has 0 aromatic rings. The normalized spacial score (nSPS) is 23.3. The summed E-state index contributed by atoms with van der Waals surface area (Å²) in [5.41, 5.74) is 0. The van der Waals surface area contributed by atoms with Gasteiger partial charge in [0.05, 0.1) is 7.41 Å². The summed E-state index contributed by atoms with van der Waals surface area (Å²) in [5.74, 6) is -4.42. The highest BCUT2D eigenvalue weighted by Crippen LogP contribution is 2.14. The van der Waals surface area contributed by atoms with Crippen molar-refractivity contribution in [3.63, 3.8) is 0 Å². The van der Waals surface area contributed by atoms with Crippen molar-refractivity contribution in [1.82, 2.24) is 15.3 Å². The molecule has 8 heteroatoms. The molecule has 23 heavy (non-hydrogen) atoms. The van der Waals surface area contributed by atoms with Crippen molar-refractivity contribution < 1.29 is 29.5 Å². The molecule has 0 aromatic heterocycles. The predicted octanol–water partition coefficient (Wildman–Crippen LogP) is 0.0746. The fraction of sp³-hybridized carbons (Fsp3) is 0.733. The number of nitrogens with zero attached hydrogens (tertiary/aromatic N) is 2. The zero-order valence-electron chi connectivity index (χ0n) is 17.7. The molecule has 130 valence electrons. The Labute approximate surface area is 141 Å². The molecule has 0 radical (unpaired) electrons. The first-order chi connectivity index (χ1) is 12.3. The summed E-state index contributed by atoms with van der Waals surface area (Å²) in [4.78, 5) is 54.3. The highest BCUT2D eigenvalue weighted by Gasteiger charge is 2.35. The maximum absolute atomic E-state index is 12.6. The molecule has 3 atom stereocenters. The number of rotatable bonds is 7. The predicted molar refractivity (Wildman–Crippen MR) is 81.7 cm³/mol. The zero-order valence-corrected chi connectivity index (χ0v) is 13.7. The molecular formula is C15H25N3O5. The van der Waals surface area contributed by atoms with Crippen molar-refractivity contribution in [2.24, 2.45) is 5.92 Å². The Bertz CT molecular complexity index is 609. The van der Waals surface area contributed by atoms with Crippen LogP contribution in [0, 0.1) is 5.92 Å². The van der Waals surface area contributed by atoms with Gasteiger partial charge in [0.15, 0.2) is 0 Å². The minimum absolute atomic E-state index is 0.140. The molecule has 0 aliphatic carbocycles. The van der Waals surface area contributed by atoms with Gasteiger partial charge in [-0.25, -0.2) is 4.79 Å². The number of carbonyl (C=O) groups is 4. The minimum atomic E-state index is -3.31. The van der Waals surface area contributed by atoms with E-state index in [4.69, 9.17) is 5.48 Å². The van der Waals surface area contributed by atoms with Crippen LogP contribution in [0.15, 0.2) is 0 Å². The first-order valence-corrected chi connectivity index (χ1v) is 7.32. The van der Waals surface area contributed by atoms with Gasteiger partial charge in [-0.1, -0.05) is 20.3 Å². The molecule has 1 saturated heterocycles. The van der Waals surface area contributed by atoms with Crippen molar-refractivity contribution >= 4 is 23.7 Å². The highest BCUT2D eigenvalue weighted by molar-refractivity contribution is 6.02. The van der Waals surface area contributed by atoms with E-state index in [1.807, 2.05) is 12.2 Å². The fourth-order valence-electron chi connectivity index (χ4n) is 2.26. The lowest BCUT2D eigenvalue weighted by Gasteiger charge is -2.29. The monoisotopic (exact) mass is 335 g/mol. The quantitative estimate of drug-likeness (QED) is 0.306. The van der Waals surface area contributed by atoms with Crippen LogP contribution in [0.4, 0.5) is 0 Å². The first kappa shape index (κ1) is 13.5. The van der Waals surface area contributed by atoms with Crippen molar-refractivity contribution in [2.45, 2.75) is 52.0 Å². The molecule has 1 rings (SSSR count). The topological polar surface area (TPSA) is 96.0 Å². The molecular weight excluding hydrogens is 306 g/mol. The number of carbonyl (C=O) groups excluding carboxylic acids is 4. The molecule has 0 saturated carbocycles. The van der Waals surface area contributed by atoms with Crippen molar-refractivity contribution in [1.29, 1.82) is 0 Å². The summed E-state index contributed by atoms with van der Waals surface area (Å²) in [6, 6.07) is -3.99. The molecule has 1 aliphatic heterocycles. The largest absolute Gasteiger partial charge is 0.354 e. The molecule has 8 nitrogen and oxygen atoms in total. The van der Waals surface area contributed by atoms with Crippen LogP contribution in [0.5, 0.6) is 0 Å². The van der Waals surface area contributed by atoms with Crippen LogP contribution in [0.1, 0.15) is 45.4 Å². The number of amides is 3. The molecule has 1 fully saturated rings. The van der Waals surface area contributed by atoms with Gasteiger partial charge in [0, 0.05) is 17.0 Å². The van der Waals surface area contributed by atoms with Gasteiger partial charge in [-0.15, -0.1) is 5.06 Å². The fourth-order valence-corrected chi connectivity index (χ4v) is 2.26. The average Bonchev–Trinajstić information content (AvgIpc) is 2.84. The summed E-state index contributed by atoms with van der Waals surface area (Å²) >= 11 is 0. The number of imide groups is 1. The number of hydroxylamine groups is 2. The van der Waals surface area contributed by atoms with E-state index >= 15 is 0 Å². The summed E-state index contributed by atoms with van der Waals surface area (Å²) < 4.78 is 30.6. The van der Waals surface area contributed by atoms with Gasteiger partial charge >= 0.3 is 5.97 Å². The molecule has 0 aromatic carbocycles. The molecule has 1 aliphatic rings. The van der Waals surface area contributed by atoms with Gasteiger partial charge in [-0.2, -0.15) is 0 Å². The second-order valence-corrected chi connectivity index (χ2v) is 5.62. The number of hydrogen-bond donors (Lipinski definition) is 1. The SMILES string of the molecule is [2H]C([2H])([2H])C([2H])(N[13C](=[18O])C(C(C)CC)[15N](C)C)C(=O)ON1C(=O)CCC1=O. The summed E-state index contributed by atoms with van der Waals surface area (Å²) in [5, 5.41) is 2.07. The van der Waals surface area contributed by atoms with Crippen LogP contribution in [0.25, 0.3) is 0 Å². The second-order valence-electron chi connectivity index (χ2n) is 5.62. The van der Waals surface area contributed by atoms with E-state index in [0.717, 1.165) is 0 Å². The number of nitrogens with one attached hydrogen (secondary N) is 1. The minimum Gasteiger partial charge on any atom is -0.341 e. The number of likely N-dealkylation sites (N-methyl/N-ethyl adjacent to an activating group) is 1. The van der Waals surface area contributed by atoms with Crippen LogP contribution in [0.2, 0.25) is 0 Å². The Morgan fingerprint density at radius 3 is 2.48 bits per heavy atom. The lowest BCUT2D eigenvalue weighted by Crippen LogP contribution is -2.52. The molecule has 0 bridgehead atoms. The van der Waals surface area contributed by atoms with E-state index in [1.165, 1.54) is 0 Å². The van der Waals surface area contributed by atoms with Gasteiger partial charge in [0.25, 0.3) is 11.8 Å². The van der Waals surface area contributed by atoms with E-state index in [2.05, 4.69) is 4.84 Å². The Morgan fingerprint density at radius 2 is 2.04 bits per heavy atom. The van der Waals surface area contributed by atoms with Crippen molar-refractivity contribution in [3.8, 4) is 0 Å². The lowest BCUT2D eigenvalue weighted by atomic mass is 10.1. The van der Waals surface area contributed by atoms with Gasteiger partial charge in [-0.05, 0) is 26.9 Å². The smallest absolute Gasteiger partial charge is 0.341 e. The van der Waals surface area contributed by atoms with Crippen LogP contribution < -0.4 is 5.32 Å². The van der Waals surface area contributed by atoms with Crippen LogP contribution >= 0.6 is 0 Å². The molecule has 3 amide bonds. The summed E-state index contributed by atoms with van der Waals surface area (Å²) in [7, 11) is 3.22. The molecule has 0 spiro atoms. The van der Waals surface area contributed by atoms with Crippen LogP contribution in [-0.2, 0) is 24.0 Å². The average molecular weight is 335 g/mol. The summed E-state index contributed by atoms with van der Waals surface area (Å²) in [6.07, 6.45) is 0.220. The summed E-state index contributed by atoms with van der Waals surface area (Å²) in [6.45, 7) is 0.300. The van der Waals surface area contributed by atoms with E-state index in [9.17, 15) is 19.2 Å². The van der Waals surface area contributed by atoms with E-state index in [1.54, 1.807) is 25.9 Å². The standard InChI is InChI=1S/C15H25N3O5/c1-6-9(2)13(17(4)5)14(21)16-10(3)15(22)23-18-11(19)7-8-12(18)20/h9-10,13H,6-8H2,1-5H3,(H,16,21)/i3D3,10D,14+1,17+1,21+2. The molecule has 1 N–H and O–H groups in total. The second kappa shape index (κ2) is 8.05. The maximum atomic E-state index is 12.6. The van der Waals surface area contributed by atoms with Crippen LogP contribution in [0.3, 0.4) is 0 Å².